The predicted octanol–water partition coefficient (Wildman–Crippen LogP) is 4.89. The normalized spacial score (nSPS) is 10.6. The number of nitrogens with one attached hydrogen (secondary N) is 1. The molecule has 0 aliphatic heterocycles. The average Bonchev–Trinajstić information content (AvgIpc) is 3.33. The highest BCUT2D eigenvalue weighted by atomic mass is 19.1. The standard InChI is InChI=1S/C26H24F2N4O5/c1-5-37-20-8-6-19(7-9-20)32-25(15-10-21(34-2)23(36-4)22(11-15)35-3)30-24(31-32)26(33)29-18-13-16(27)12-17(28)14-18/h6-14H,5H2,1-4H3,(H,29,33). The van der Waals surface area contributed by atoms with E-state index in [-0.39, 0.29) is 17.3 Å². The van der Waals surface area contributed by atoms with Gasteiger partial charge < -0.3 is 24.3 Å². The fraction of sp³-hybridized carbons (Fsp3) is 0.192. The van der Waals surface area contributed by atoms with Gasteiger partial charge in [0, 0.05) is 17.3 Å². The molecule has 0 unspecified atom stereocenters. The molecule has 11 heteroatoms. The summed E-state index contributed by atoms with van der Waals surface area (Å²) in [6.07, 6.45) is 0. The minimum absolute atomic E-state index is 0.0748. The molecule has 1 heterocycles. The van der Waals surface area contributed by atoms with Crippen LogP contribution >= 0.6 is 0 Å². The first-order chi connectivity index (χ1) is 17.9. The molecule has 4 rings (SSSR count). The molecule has 192 valence electrons. The molecule has 3 aromatic carbocycles. The van der Waals surface area contributed by atoms with Crippen LogP contribution in [0.25, 0.3) is 17.1 Å². The third kappa shape index (κ3) is 5.45. The smallest absolute Gasteiger partial charge is 0.295 e. The molecule has 0 aliphatic carbocycles. The first kappa shape index (κ1) is 25.4. The summed E-state index contributed by atoms with van der Waals surface area (Å²) in [4.78, 5) is 17.4. The van der Waals surface area contributed by atoms with Crippen molar-refractivity contribution in [2.75, 3.05) is 33.3 Å². The molecular formula is C26H24F2N4O5. The Morgan fingerprint density at radius 2 is 1.54 bits per heavy atom. The minimum atomic E-state index is -0.832. The van der Waals surface area contributed by atoms with Gasteiger partial charge in [-0.3, -0.25) is 4.79 Å². The highest BCUT2D eigenvalue weighted by molar-refractivity contribution is 6.01. The first-order valence-electron chi connectivity index (χ1n) is 11.1. The van der Waals surface area contributed by atoms with Crippen LogP contribution in [0.2, 0.25) is 0 Å². The molecule has 0 fully saturated rings. The molecular weight excluding hydrogens is 486 g/mol. The SMILES string of the molecule is CCOc1ccc(-n2nc(C(=O)Nc3cc(F)cc(F)c3)nc2-c2cc(OC)c(OC)c(OC)c2)cc1. The number of carbonyl (C=O) groups is 1. The number of methoxy groups -OCH3 is 3. The van der Waals surface area contributed by atoms with Gasteiger partial charge in [-0.1, -0.05) is 0 Å². The van der Waals surface area contributed by atoms with Crippen molar-refractivity contribution in [2.24, 2.45) is 0 Å². The number of hydrogen-bond acceptors (Lipinski definition) is 7. The van der Waals surface area contributed by atoms with Crippen molar-refractivity contribution in [3.8, 4) is 40.1 Å². The lowest BCUT2D eigenvalue weighted by Gasteiger charge is -2.14. The molecule has 0 spiro atoms. The molecule has 0 bridgehead atoms. The second-order valence-electron chi connectivity index (χ2n) is 7.62. The van der Waals surface area contributed by atoms with Crippen LogP contribution < -0.4 is 24.3 Å². The Morgan fingerprint density at radius 1 is 0.919 bits per heavy atom. The number of ether oxygens (including phenoxy) is 4. The van der Waals surface area contributed by atoms with Crippen molar-refractivity contribution in [3.05, 3.63) is 72.1 Å². The lowest BCUT2D eigenvalue weighted by atomic mass is 10.1. The molecule has 0 atom stereocenters. The summed E-state index contributed by atoms with van der Waals surface area (Å²) >= 11 is 0. The summed E-state index contributed by atoms with van der Waals surface area (Å²) in [5.41, 5.74) is 1.01. The number of hydrogen-bond donors (Lipinski definition) is 1. The Morgan fingerprint density at radius 3 is 2.08 bits per heavy atom. The van der Waals surface area contributed by atoms with E-state index in [0.717, 1.165) is 12.1 Å². The van der Waals surface area contributed by atoms with Crippen LogP contribution in [0.3, 0.4) is 0 Å². The Bertz CT molecular complexity index is 1380. The van der Waals surface area contributed by atoms with Crippen LogP contribution in [0.15, 0.2) is 54.6 Å². The van der Waals surface area contributed by atoms with Gasteiger partial charge in [-0.25, -0.2) is 18.4 Å². The van der Waals surface area contributed by atoms with Crippen molar-refractivity contribution in [1.29, 1.82) is 0 Å². The van der Waals surface area contributed by atoms with Gasteiger partial charge >= 0.3 is 0 Å². The summed E-state index contributed by atoms with van der Waals surface area (Å²) in [5.74, 6) is -0.593. The molecule has 1 amide bonds. The zero-order valence-corrected chi connectivity index (χ0v) is 20.5. The number of nitrogens with zero attached hydrogens (tertiary/aromatic N) is 3. The summed E-state index contributed by atoms with van der Waals surface area (Å²) in [5, 5.41) is 6.81. The van der Waals surface area contributed by atoms with Crippen LogP contribution in [-0.2, 0) is 0 Å². The third-order valence-corrected chi connectivity index (χ3v) is 5.25. The average molecular weight is 510 g/mol. The quantitative estimate of drug-likeness (QED) is 0.343. The highest BCUT2D eigenvalue weighted by Gasteiger charge is 2.22. The van der Waals surface area contributed by atoms with Crippen molar-refractivity contribution in [3.63, 3.8) is 0 Å². The predicted molar refractivity (Wildman–Crippen MR) is 132 cm³/mol. The van der Waals surface area contributed by atoms with Crippen molar-refractivity contribution in [1.82, 2.24) is 14.8 Å². The lowest BCUT2D eigenvalue weighted by molar-refractivity contribution is 0.101. The Labute approximate surface area is 211 Å². The molecule has 1 N–H and O–H groups in total. The number of carbonyl (C=O) groups excluding carboxylic acids is 1. The molecule has 0 saturated carbocycles. The van der Waals surface area contributed by atoms with Gasteiger partial charge in [-0.2, -0.15) is 0 Å². The van der Waals surface area contributed by atoms with Crippen molar-refractivity contribution >= 4 is 11.6 Å². The number of halogens is 2. The fourth-order valence-electron chi connectivity index (χ4n) is 3.65. The maximum atomic E-state index is 13.6. The number of amides is 1. The molecule has 9 nitrogen and oxygen atoms in total. The van der Waals surface area contributed by atoms with E-state index in [1.807, 2.05) is 6.92 Å². The van der Waals surface area contributed by atoms with Gasteiger partial charge in [-0.15, -0.1) is 5.10 Å². The molecule has 0 radical (unpaired) electrons. The third-order valence-electron chi connectivity index (χ3n) is 5.25. The van der Waals surface area contributed by atoms with E-state index in [4.69, 9.17) is 18.9 Å². The van der Waals surface area contributed by atoms with Gasteiger partial charge in [0.15, 0.2) is 17.3 Å². The van der Waals surface area contributed by atoms with E-state index in [1.54, 1.807) is 36.4 Å². The molecule has 0 aliphatic rings. The first-order valence-corrected chi connectivity index (χ1v) is 11.1. The molecule has 1 aromatic heterocycles. The second kappa shape index (κ2) is 10.9. The summed E-state index contributed by atoms with van der Waals surface area (Å²) < 4.78 is 50.5. The van der Waals surface area contributed by atoms with Crippen LogP contribution in [0, 0.1) is 11.6 Å². The minimum Gasteiger partial charge on any atom is -0.494 e. The van der Waals surface area contributed by atoms with Crippen molar-refractivity contribution < 1.29 is 32.5 Å². The number of benzene rings is 3. The van der Waals surface area contributed by atoms with Gasteiger partial charge in [0.2, 0.25) is 11.6 Å². The van der Waals surface area contributed by atoms with E-state index in [0.29, 0.717) is 46.9 Å². The van der Waals surface area contributed by atoms with Crippen LogP contribution in [0.4, 0.5) is 14.5 Å². The molecule has 0 saturated heterocycles. The molecule has 4 aromatic rings. The summed E-state index contributed by atoms with van der Waals surface area (Å²) in [6, 6.07) is 13.0. The van der Waals surface area contributed by atoms with Crippen LogP contribution in [0.5, 0.6) is 23.0 Å². The Hall–Kier alpha value is -4.67. The topological polar surface area (TPSA) is 96.7 Å². The van der Waals surface area contributed by atoms with E-state index < -0.39 is 17.5 Å². The Kier molecular flexibility index (Phi) is 7.52. The molecule has 37 heavy (non-hydrogen) atoms. The van der Waals surface area contributed by atoms with Crippen LogP contribution in [0.1, 0.15) is 17.5 Å². The maximum Gasteiger partial charge on any atom is 0.295 e. The fourth-order valence-corrected chi connectivity index (χ4v) is 3.65. The van der Waals surface area contributed by atoms with E-state index in [2.05, 4.69) is 15.4 Å². The lowest BCUT2D eigenvalue weighted by Crippen LogP contribution is -2.14. The van der Waals surface area contributed by atoms with Crippen molar-refractivity contribution in [2.45, 2.75) is 6.92 Å². The summed E-state index contributed by atoms with van der Waals surface area (Å²) in [6.45, 7) is 2.38. The monoisotopic (exact) mass is 510 g/mol. The second-order valence-corrected chi connectivity index (χ2v) is 7.62. The maximum absolute atomic E-state index is 13.6. The zero-order valence-electron chi connectivity index (χ0n) is 20.5. The van der Waals surface area contributed by atoms with Gasteiger partial charge in [0.1, 0.15) is 17.4 Å². The van der Waals surface area contributed by atoms with E-state index in [1.165, 1.54) is 26.0 Å². The summed E-state index contributed by atoms with van der Waals surface area (Å²) in [7, 11) is 4.45. The number of anilines is 1. The number of aromatic nitrogens is 3. The van der Waals surface area contributed by atoms with Crippen LogP contribution in [-0.4, -0.2) is 48.6 Å². The van der Waals surface area contributed by atoms with Gasteiger partial charge in [-0.05, 0) is 55.5 Å². The largest absolute Gasteiger partial charge is 0.494 e. The number of rotatable bonds is 9. The zero-order chi connectivity index (χ0) is 26.5. The Balaban J connectivity index is 1.82. The van der Waals surface area contributed by atoms with Gasteiger partial charge in [0.05, 0.1) is 33.6 Å². The highest BCUT2D eigenvalue weighted by Crippen LogP contribution is 2.41. The van der Waals surface area contributed by atoms with Gasteiger partial charge in [0.25, 0.3) is 5.91 Å². The van der Waals surface area contributed by atoms with E-state index in [9.17, 15) is 13.6 Å². The van der Waals surface area contributed by atoms with E-state index >= 15 is 0 Å².